The number of carbonyl (C=O) groups is 1. The molecule has 1 amide bonds. The molecule has 2 unspecified atom stereocenters. The number of halogens is 3. The van der Waals surface area contributed by atoms with E-state index in [2.05, 4.69) is 0 Å². The molecule has 2 heterocycles. The van der Waals surface area contributed by atoms with Crippen LogP contribution in [0, 0.1) is 5.82 Å². The van der Waals surface area contributed by atoms with Crippen molar-refractivity contribution in [2.75, 3.05) is 0 Å². The number of rotatable bonds is 1. The van der Waals surface area contributed by atoms with E-state index in [9.17, 15) is 9.18 Å². The van der Waals surface area contributed by atoms with Crippen LogP contribution >= 0.6 is 23.2 Å². The predicted molar refractivity (Wildman–Crippen MR) is 73.3 cm³/mol. The van der Waals surface area contributed by atoms with E-state index in [1.807, 2.05) is 0 Å². The Morgan fingerprint density at radius 3 is 2.47 bits per heavy atom. The van der Waals surface area contributed by atoms with Crippen molar-refractivity contribution < 1.29 is 9.18 Å². The summed E-state index contributed by atoms with van der Waals surface area (Å²) < 4.78 is 13.8. The fourth-order valence-corrected chi connectivity index (χ4v) is 3.93. The van der Waals surface area contributed by atoms with Gasteiger partial charge in [0.1, 0.15) is 5.82 Å². The maximum Gasteiger partial charge on any atom is 0.258 e. The second-order valence-corrected chi connectivity index (χ2v) is 6.29. The van der Waals surface area contributed by atoms with Gasteiger partial charge in [-0.1, -0.05) is 17.7 Å². The quantitative estimate of drug-likeness (QED) is 0.722. The Morgan fingerprint density at radius 2 is 1.89 bits per heavy atom. The Kier molecular flexibility index (Phi) is 3.44. The maximum absolute atomic E-state index is 13.8. The molecule has 2 saturated heterocycles. The van der Waals surface area contributed by atoms with E-state index in [4.69, 9.17) is 23.2 Å². The smallest absolute Gasteiger partial charge is 0.258 e. The molecule has 0 spiro atoms. The first-order chi connectivity index (χ1) is 9.08. The van der Waals surface area contributed by atoms with E-state index in [1.54, 1.807) is 11.0 Å². The zero-order chi connectivity index (χ0) is 13.6. The van der Waals surface area contributed by atoms with Crippen LogP contribution < -0.4 is 0 Å². The SMILES string of the molecule is O=C(c1c(F)cccc1Cl)N1C2CCC1CC(Cl)C2. The minimum Gasteiger partial charge on any atom is -0.332 e. The first-order valence-electron chi connectivity index (χ1n) is 6.48. The summed E-state index contributed by atoms with van der Waals surface area (Å²) in [5.74, 6) is -0.843. The lowest BCUT2D eigenvalue weighted by Gasteiger charge is -2.37. The number of hydrogen-bond acceptors (Lipinski definition) is 1. The largest absolute Gasteiger partial charge is 0.332 e. The van der Waals surface area contributed by atoms with E-state index in [1.165, 1.54) is 12.1 Å². The lowest BCUT2D eigenvalue weighted by molar-refractivity contribution is 0.0595. The highest BCUT2D eigenvalue weighted by molar-refractivity contribution is 6.33. The van der Waals surface area contributed by atoms with Gasteiger partial charge in [-0.05, 0) is 37.8 Å². The van der Waals surface area contributed by atoms with Crippen LogP contribution in [0.4, 0.5) is 4.39 Å². The molecule has 0 aliphatic carbocycles. The summed E-state index contributed by atoms with van der Waals surface area (Å²) in [6.45, 7) is 0. The van der Waals surface area contributed by atoms with Crippen molar-refractivity contribution in [3.63, 3.8) is 0 Å². The summed E-state index contributed by atoms with van der Waals surface area (Å²) in [4.78, 5) is 14.4. The maximum atomic E-state index is 13.8. The summed E-state index contributed by atoms with van der Waals surface area (Å²) in [7, 11) is 0. The molecular formula is C14H14Cl2FNO. The number of amides is 1. The molecule has 3 rings (SSSR count). The molecule has 19 heavy (non-hydrogen) atoms. The lowest BCUT2D eigenvalue weighted by atomic mass is 10.0. The van der Waals surface area contributed by atoms with Crippen molar-refractivity contribution in [3.8, 4) is 0 Å². The second-order valence-electron chi connectivity index (χ2n) is 5.26. The Bertz CT molecular complexity index is 488. The van der Waals surface area contributed by atoms with Crippen molar-refractivity contribution in [1.29, 1.82) is 0 Å². The summed E-state index contributed by atoms with van der Waals surface area (Å²) in [5, 5.41) is 0.301. The fraction of sp³-hybridized carbons (Fsp3) is 0.500. The number of fused-ring (bicyclic) bond motifs is 2. The second kappa shape index (κ2) is 4.95. The third kappa shape index (κ3) is 2.23. The topological polar surface area (TPSA) is 20.3 Å². The van der Waals surface area contributed by atoms with Crippen LogP contribution in [0.25, 0.3) is 0 Å². The van der Waals surface area contributed by atoms with Crippen molar-refractivity contribution in [1.82, 2.24) is 4.90 Å². The van der Waals surface area contributed by atoms with Crippen molar-refractivity contribution in [2.24, 2.45) is 0 Å². The number of alkyl halides is 1. The van der Waals surface area contributed by atoms with Gasteiger partial charge in [0.2, 0.25) is 0 Å². The molecule has 1 aromatic carbocycles. The number of benzene rings is 1. The highest BCUT2D eigenvalue weighted by Crippen LogP contribution is 2.39. The van der Waals surface area contributed by atoms with Gasteiger partial charge in [-0.15, -0.1) is 11.6 Å². The van der Waals surface area contributed by atoms with E-state index in [0.29, 0.717) is 0 Å². The van der Waals surface area contributed by atoms with Gasteiger partial charge in [0.15, 0.2) is 0 Å². The molecule has 2 aliphatic rings. The molecule has 0 saturated carbocycles. The van der Waals surface area contributed by atoms with Crippen LogP contribution in [-0.2, 0) is 0 Å². The minimum absolute atomic E-state index is 0.00547. The molecule has 1 aromatic rings. The van der Waals surface area contributed by atoms with Gasteiger partial charge in [0, 0.05) is 17.5 Å². The zero-order valence-corrected chi connectivity index (χ0v) is 11.8. The van der Waals surface area contributed by atoms with Crippen LogP contribution in [0.3, 0.4) is 0 Å². The third-order valence-corrected chi connectivity index (χ3v) is 4.76. The van der Waals surface area contributed by atoms with E-state index >= 15 is 0 Å². The summed E-state index contributed by atoms with van der Waals surface area (Å²) in [5.41, 5.74) is -0.00547. The molecular weight excluding hydrogens is 288 g/mol. The normalized spacial score (nSPS) is 29.6. The molecule has 102 valence electrons. The monoisotopic (exact) mass is 301 g/mol. The van der Waals surface area contributed by atoms with Crippen molar-refractivity contribution in [3.05, 3.63) is 34.6 Å². The van der Waals surface area contributed by atoms with Gasteiger partial charge < -0.3 is 4.90 Å². The fourth-order valence-electron chi connectivity index (χ4n) is 3.27. The Hall–Kier alpha value is -0.800. The first kappa shape index (κ1) is 13.2. The zero-order valence-electron chi connectivity index (χ0n) is 10.3. The molecule has 0 radical (unpaired) electrons. The highest BCUT2D eigenvalue weighted by atomic mass is 35.5. The van der Waals surface area contributed by atoms with Crippen molar-refractivity contribution >= 4 is 29.1 Å². The highest BCUT2D eigenvalue weighted by Gasteiger charge is 2.43. The summed E-state index contributed by atoms with van der Waals surface area (Å²) in [6, 6.07) is 4.59. The van der Waals surface area contributed by atoms with Gasteiger partial charge in [0.25, 0.3) is 5.91 Å². The molecule has 2 aliphatic heterocycles. The van der Waals surface area contributed by atoms with Gasteiger partial charge >= 0.3 is 0 Å². The molecule has 0 N–H and O–H groups in total. The molecule has 2 fully saturated rings. The molecule has 5 heteroatoms. The standard InChI is InChI=1S/C14H14Cl2FNO/c15-8-6-9-4-5-10(7-8)18(9)14(19)13-11(16)2-1-3-12(13)17/h1-3,8-10H,4-7H2. The Balaban J connectivity index is 1.93. The van der Waals surface area contributed by atoms with Gasteiger partial charge in [-0.2, -0.15) is 0 Å². The molecule has 2 bridgehead atoms. The average molecular weight is 302 g/mol. The number of hydrogen-bond donors (Lipinski definition) is 0. The Morgan fingerprint density at radius 1 is 1.26 bits per heavy atom. The third-order valence-electron chi connectivity index (χ3n) is 4.09. The molecule has 2 nitrogen and oxygen atoms in total. The first-order valence-corrected chi connectivity index (χ1v) is 7.30. The number of carbonyl (C=O) groups excluding carboxylic acids is 1. The summed E-state index contributed by atoms with van der Waals surface area (Å²) in [6.07, 6.45) is 3.48. The van der Waals surface area contributed by atoms with Gasteiger partial charge in [-0.25, -0.2) is 4.39 Å². The van der Waals surface area contributed by atoms with Gasteiger partial charge in [0.05, 0.1) is 10.6 Å². The van der Waals surface area contributed by atoms with Crippen molar-refractivity contribution in [2.45, 2.75) is 43.1 Å². The average Bonchev–Trinajstić information content (AvgIpc) is 2.61. The van der Waals surface area contributed by atoms with Crippen LogP contribution in [-0.4, -0.2) is 28.3 Å². The van der Waals surface area contributed by atoms with E-state index in [-0.39, 0.29) is 34.0 Å². The minimum atomic E-state index is -0.551. The van der Waals surface area contributed by atoms with Crippen LogP contribution in [0.15, 0.2) is 18.2 Å². The lowest BCUT2D eigenvalue weighted by Crippen LogP contribution is -2.47. The predicted octanol–water partition coefficient (Wildman–Crippen LogP) is 3.85. The van der Waals surface area contributed by atoms with Crippen LogP contribution in [0.1, 0.15) is 36.0 Å². The van der Waals surface area contributed by atoms with E-state index in [0.717, 1.165) is 25.7 Å². The van der Waals surface area contributed by atoms with Gasteiger partial charge in [-0.3, -0.25) is 4.79 Å². The number of nitrogens with zero attached hydrogens (tertiary/aromatic N) is 1. The van der Waals surface area contributed by atoms with E-state index < -0.39 is 5.82 Å². The van der Waals surface area contributed by atoms with Crippen LogP contribution in [0.2, 0.25) is 5.02 Å². The summed E-state index contributed by atoms with van der Waals surface area (Å²) >= 11 is 12.2. The molecule has 2 atom stereocenters. The number of piperidine rings is 1. The van der Waals surface area contributed by atoms with Crippen LogP contribution in [0.5, 0.6) is 0 Å². The Labute approximate surface area is 121 Å². The molecule has 0 aromatic heterocycles.